The third kappa shape index (κ3) is 3.32. The number of rotatable bonds is 5. The zero-order valence-corrected chi connectivity index (χ0v) is 8.09. The zero-order chi connectivity index (χ0) is 11.4. The Morgan fingerprint density at radius 3 is 2.80 bits per heavy atom. The minimum Gasteiger partial charge on any atom is -0.475 e. The van der Waals surface area contributed by atoms with Crippen LogP contribution in [0.1, 0.15) is 21.9 Å². The van der Waals surface area contributed by atoms with E-state index in [4.69, 9.17) is 9.52 Å². The summed E-state index contributed by atoms with van der Waals surface area (Å²) in [4.78, 5) is 10.5. The van der Waals surface area contributed by atoms with Crippen LogP contribution in [0.25, 0.3) is 0 Å². The lowest BCUT2D eigenvalue weighted by Gasteiger charge is -2.01. The van der Waals surface area contributed by atoms with Crippen LogP contribution in [0.3, 0.4) is 0 Å². The minimum absolute atomic E-state index is 0.174. The number of aryl methyl sites for hydroxylation is 1. The second-order valence-corrected chi connectivity index (χ2v) is 3.02. The molecule has 1 heterocycles. The predicted octanol–water partition coefficient (Wildman–Crippen LogP) is 1.64. The summed E-state index contributed by atoms with van der Waals surface area (Å²) in [6, 6.07) is 1.33. The van der Waals surface area contributed by atoms with Gasteiger partial charge in [0, 0.05) is 12.1 Å². The molecule has 0 atom stereocenters. The van der Waals surface area contributed by atoms with Crippen LogP contribution in [0.4, 0.5) is 8.78 Å². The van der Waals surface area contributed by atoms with Gasteiger partial charge in [-0.15, -0.1) is 0 Å². The SMILES string of the molecule is Cc1oc(C(=O)O)cc1CNCC(F)F. The van der Waals surface area contributed by atoms with Crippen molar-refractivity contribution in [3.8, 4) is 0 Å². The molecule has 0 aliphatic carbocycles. The molecule has 2 N–H and O–H groups in total. The minimum atomic E-state index is -2.42. The van der Waals surface area contributed by atoms with Gasteiger partial charge in [-0.25, -0.2) is 13.6 Å². The van der Waals surface area contributed by atoms with E-state index in [1.165, 1.54) is 6.07 Å². The summed E-state index contributed by atoms with van der Waals surface area (Å²) < 4.78 is 28.5. The lowest BCUT2D eigenvalue weighted by atomic mass is 10.2. The van der Waals surface area contributed by atoms with Crippen molar-refractivity contribution in [3.05, 3.63) is 23.2 Å². The summed E-state index contributed by atoms with van der Waals surface area (Å²) in [6.07, 6.45) is -2.42. The lowest BCUT2D eigenvalue weighted by Crippen LogP contribution is -2.20. The zero-order valence-electron chi connectivity index (χ0n) is 8.09. The highest BCUT2D eigenvalue weighted by Crippen LogP contribution is 2.14. The Morgan fingerprint density at radius 2 is 2.33 bits per heavy atom. The maximum atomic E-state index is 11.8. The molecule has 0 radical (unpaired) electrons. The van der Waals surface area contributed by atoms with Crippen LogP contribution < -0.4 is 5.32 Å². The second-order valence-electron chi connectivity index (χ2n) is 3.02. The average molecular weight is 219 g/mol. The Hall–Kier alpha value is -1.43. The van der Waals surface area contributed by atoms with Gasteiger partial charge < -0.3 is 14.8 Å². The van der Waals surface area contributed by atoms with Crippen LogP contribution in [0.2, 0.25) is 0 Å². The maximum Gasteiger partial charge on any atom is 0.371 e. The fourth-order valence-electron chi connectivity index (χ4n) is 1.12. The number of carboxylic acid groups (broad SMARTS) is 1. The molecule has 0 aliphatic heterocycles. The molecule has 0 saturated heterocycles. The van der Waals surface area contributed by atoms with Crippen LogP contribution in [0, 0.1) is 6.92 Å². The molecular weight excluding hydrogens is 208 g/mol. The van der Waals surface area contributed by atoms with E-state index in [0.29, 0.717) is 11.3 Å². The van der Waals surface area contributed by atoms with Gasteiger partial charge in [-0.3, -0.25) is 0 Å². The van der Waals surface area contributed by atoms with Crippen molar-refractivity contribution in [2.45, 2.75) is 19.9 Å². The third-order valence-corrected chi connectivity index (χ3v) is 1.85. The van der Waals surface area contributed by atoms with E-state index in [1.54, 1.807) is 6.92 Å². The normalized spacial score (nSPS) is 10.9. The highest BCUT2D eigenvalue weighted by molar-refractivity contribution is 5.84. The van der Waals surface area contributed by atoms with Crippen molar-refractivity contribution in [1.29, 1.82) is 0 Å². The Bertz CT molecular complexity index is 349. The van der Waals surface area contributed by atoms with Crippen molar-refractivity contribution in [2.75, 3.05) is 6.54 Å². The Kier molecular flexibility index (Phi) is 3.79. The number of furan rings is 1. The van der Waals surface area contributed by atoms with Gasteiger partial charge in [0.15, 0.2) is 0 Å². The fraction of sp³-hybridized carbons (Fsp3) is 0.444. The molecule has 0 unspecified atom stereocenters. The molecule has 1 aromatic rings. The first-order valence-corrected chi connectivity index (χ1v) is 4.32. The Labute approximate surface area is 84.9 Å². The molecule has 84 valence electrons. The maximum absolute atomic E-state index is 11.8. The van der Waals surface area contributed by atoms with E-state index >= 15 is 0 Å². The van der Waals surface area contributed by atoms with E-state index in [1.807, 2.05) is 0 Å². The number of aromatic carboxylic acids is 1. The standard InChI is InChI=1S/C9H11F2NO3/c1-5-6(3-12-4-8(10)11)2-7(15-5)9(13)14/h2,8,12H,3-4H2,1H3,(H,13,14). The van der Waals surface area contributed by atoms with Crippen LogP contribution >= 0.6 is 0 Å². The van der Waals surface area contributed by atoms with Gasteiger partial charge in [-0.05, 0) is 13.0 Å². The first kappa shape index (κ1) is 11.6. The predicted molar refractivity (Wildman–Crippen MR) is 48.1 cm³/mol. The van der Waals surface area contributed by atoms with Gasteiger partial charge >= 0.3 is 5.97 Å². The number of carbonyl (C=O) groups is 1. The Morgan fingerprint density at radius 1 is 1.67 bits per heavy atom. The van der Waals surface area contributed by atoms with Crippen molar-refractivity contribution in [2.24, 2.45) is 0 Å². The van der Waals surface area contributed by atoms with Gasteiger partial charge in [-0.2, -0.15) is 0 Å². The summed E-state index contributed by atoms with van der Waals surface area (Å²) in [5.74, 6) is -0.922. The number of hydrogen-bond donors (Lipinski definition) is 2. The molecular formula is C9H11F2NO3. The van der Waals surface area contributed by atoms with E-state index in [0.717, 1.165) is 0 Å². The van der Waals surface area contributed by atoms with Gasteiger partial charge in [0.05, 0.1) is 6.54 Å². The average Bonchev–Trinajstić information content (AvgIpc) is 2.47. The van der Waals surface area contributed by atoms with Gasteiger partial charge in [0.1, 0.15) is 5.76 Å². The monoisotopic (exact) mass is 219 g/mol. The summed E-state index contributed by atoms with van der Waals surface area (Å²) in [5, 5.41) is 11.1. The molecule has 0 aromatic carbocycles. The molecule has 0 aliphatic rings. The van der Waals surface area contributed by atoms with E-state index in [9.17, 15) is 13.6 Å². The molecule has 4 nitrogen and oxygen atoms in total. The summed E-state index contributed by atoms with van der Waals surface area (Å²) in [6.45, 7) is 1.34. The van der Waals surface area contributed by atoms with Crippen LogP contribution in [0.5, 0.6) is 0 Å². The Balaban J connectivity index is 2.57. The summed E-state index contributed by atoms with van der Waals surface area (Å²) >= 11 is 0. The first-order valence-electron chi connectivity index (χ1n) is 4.32. The van der Waals surface area contributed by atoms with Crippen molar-refractivity contribution in [3.63, 3.8) is 0 Å². The number of nitrogens with one attached hydrogen (secondary N) is 1. The highest BCUT2D eigenvalue weighted by atomic mass is 19.3. The van der Waals surface area contributed by atoms with Crippen molar-refractivity contribution >= 4 is 5.97 Å². The number of alkyl halides is 2. The van der Waals surface area contributed by atoms with Gasteiger partial charge in [0.2, 0.25) is 5.76 Å². The van der Waals surface area contributed by atoms with E-state index in [2.05, 4.69) is 5.32 Å². The van der Waals surface area contributed by atoms with Gasteiger partial charge in [-0.1, -0.05) is 0 Å². The summed E-state index contributed by atoms with van der Waals surface area (Å²) in [5.41, 5.74) is 0.577. The fourth-order valence-corrected chi connectivity index (χ4v) is 1.12. The lowest BCUT2D eigenvalue weighted by molar-refractivity contribution is 0.0661. The van der Waals surface area contributed by atoms with E-state index < -0.39 is 18.9 Å². The van der Waals surface area contributed by atoms with Crippen molar-refractivity contribution < 1.29 is 23.1 Å². The van der Waals surface area contributed by atoms with E-state index in [-0.39, 0.29) is 12.3 Å². The molecule has 0 amide bonds. The molecule has 6 heteroatoms. The van der Waals surface area contributed by atoms with Crippen LogP contribution in [0.15, 0.2) is 10.5 Å². The van der Waals surface area contributed by atoms with Crippen LogP contribution in [-0.2, 0) is 6.54 Å². The van der Waals surface area contributed by atoms with Gasteiger partial charge in [0.25, 0.3) is 6.43 Å². The third-order valence-electron chi connectivity index (χ3n) is 1.85. The molecule has 1 rings (SSSR count). The molecule has 0 fully saturated rings. The first-order chi connectivity index (χ1) is 7.00. The molecule has 0 bridgehead atoms. The molecule has 15 heavy (non-hydrogen) atoms. The summed E-state index contributed by atoms with van der Waals surface area (Å²) in [7, 11) is 0. The molecule has 1 aromatic heterocycles. The molecule has 0 saturated carbocycles. The smallest absolute Gasteiger partial charge is 0.371 e. The topological polar surface area (TPSA) is 62.5 Å². The number of carboxylic acids is 1. The number of halogens is 2. The number of hydrogen-bond acceptors (Lipinski definition) is 3. The second kappa shape index (κ2) is 4.88. The van der Waals surface area contributed by atoms with Crippen molar-refractivity contribution in [1.82, 2.24) is 5.32 Å². The highest BCUT2D eigenvalue weighted by Gasteiger charge is 2.12. The van der Waals surface area contributed by atoms with Crippen LogP contribution in [-0.4, -0.2) is 24.0 Å². The largest absolute Gasteiger partial charge is 0.475 e. The molecule has 0 spiro atoms. The quantitative estimate of drug-likeness (QED) is 0.790.